The zero-order chi connectivity index (χ0) is 17.6. The van der Waals surface area contributed by atoms with Crippen molar-refractivity contribution in [2.45, 2.75) is 39.2 Å². The van der Waals surface area contributed by atoms with E-state index in [0.29, 0.717) is 11.3 Å². The second-order valence-corrected chi connectivity index (χ2v) is 6.92. The minimum atomic E-state index is -0.120. The summed E-state index contributed by atoms with van der Waals surface area (Å²) in [6.45, 7) is 5.28. The normalized spacial score (nSPS) is 14.4. The van der Waals surface area contributed by atoms with Crippen LogP contribution in [-0.4, -0.2) is 23.9 Å². The van der Waals surface area contributed by atoms with Gasteiger partial charge in [0.1, 0.15) is 0 Å². The van der Waals surface area contributed by atoms with Crippen LogP contribution in [0.4, 0.5) is 11.4 Å². The van der Waals surface area contributed by atoms with Gasteiger partial charge in [0.2, 0.25) is 0 Å². The topological polar surface area (TPSA) is 58.4 Å². The highest BCUT2D eigenvalue weighted by Crippen LogP contribution is 2.18. The second kappa shape index (κ2) is 11.2. The Morgan fingerprint density at radius 3 is 2.26 bits per heavy atom. The van der Waals surface area contributed by atoms with Crippen molar-refractivity contribution in [3.05, 3.63) is 59.2 Å². The molecule has 4 nitrogen and oxygen atoms in total. The summed E-state index contributed by atoms with van der Waals surface area (Å²) >= 11 is 0. The third kappa shape index (κ3) is 6.73. The highest BCUT2D eigenvalue weighted by Gasteiger charge is 2.11. The van der Waals surface area contributed by atoms with Crippen molar-refractivity contribution in [2.24, 2.45) is 0 Å². The minimum Gasteiger partial charge on any atom is -0.399 e. The van der Waals surface area contributed by atoms with E-state index in [2.05, 4.69) is 22.3 Å². The van der Waals surface area contributed by atoms with Gasteiger partial charge in [-0.25, -0.2) is 0 Å². The molecule has 1 fully saturated rings. The lowest BCUT2D eigenvalue weighted by molar-refractivity contribution is 0.102. The van der Waals surface area contributed by atoms with Gasteiger partial charge in [0.15, 0.2) is 0 Å². The molecule has 3 rings (SSSR count). The number of nitrogens with zero attached hydrogens (tertiary/aromatic N) is 1. The van der Waals surface area contributed by atoms with Gasteiger partial charge in [-0.15, -0.1) is 24.8 Å². The zero-order valence-electron chi connectivity index (χ0n) is 15.7. The summed E-state index contributed by atoms with van der Waals surface area (Å²) < 4.78 is 0. The molecule has 0 spiro atoms. The summed E-state index contributed by atoms with van der Waals surface area (Å²) in [5, 5.41) is 2.96. The number of carbonyl (C=O) groups is 1. The van der Waals surface area contributed by atoms with Crippen molar-refractivity contribution >= 4 is 42.1 Å². The Bertz CT molecular complexity index is 727. The first-order valence-electron chi connectivity index (χ1n) is 9.10. The maximum Gasteiger partial charge on any atom is 0.256 e. The van der Waals surface area contributed by atoms with E-state index < -0.39 is 0 Å². The molecule has 148 valence electrons. The molecule has 2 aromatic rings. The number of likely N-dealkylation sites (tertiary alicyclic amines) is 1. The fraction of sp³-hybridized carbons (Fsp3) is 0.381. The van der Waals surface area contributed by atoms with E-state index in [0.717, 1.165) is 17.8 Å². The smallest absolute Gasteiger partial charge is 0.256 e. The molecule has 1 aliphatic heterocycles. The number of nitrogen functional groups attached to an aromatic ring is 1. The van der Waals surface area contributed by atoms with Gasteiger partial charge in [0.25, 0.3) is 5.91 Å². The number of carbonyl (C=O) groups excluding carboxylic acids is 1. The molecular formula is C21H29Cl2N3O. The van der Waals surface area contributed by atoms with E-state index in [-0.39, 0.29) is 30.7 Å². The first-order valence-corrected chi connectivity index (χ1v) is 9.10. The molecule has 0 bridgehead atoms. The van der Waals surface area contributed by atoms with Crippen LogP contribution in [0.2, 0.25) is 0 Å². The summed E-state index contributed by atoms with van der Waals surface area (Å²) in [5.41, 5.74) is 10.0. The number of nitrogens with one attached hydrogen (secondary N) is 1. The van der Waals surface area contributed by atoms with E-state index >= 15 is 0 Å². The fourth-order valence-electron chi connectivity index (χ4n) is 3.33. The van der Waals surface area contributed by atoms with Crippen LogP contribution in [-0.2, 0) is 6.54 Å². The van der Waals surface area contributed by atoms with Crippen LogP contribution in [0.3, 0.4) is 0 Å². The molecule has 1 heterocycles. The molecule has 27 heavy (non-hydrogen) atoms. The molecule has 0 aromatic heterocycles. The molecule has 6 heteroatoms. The lowest BCUT2D eigenvalue weighted by Crippen LogP contribution is -2.23. The van der Waals surface area contributed by atoms with Gasteiger partial charge in [-0.2, -0.15) is 0 Å². The van der Waals surface area contributed by atoms with Crippen LogP contribution < -0.4 is 11.1 Å². The standard InChI is InChI=1S/C21H27N3O.2ClH/c1-16-6-9-18(22)14-20(16)21(25)23-19-10-7-17(8-11-19)15-24-12-4-2-3-5-13-24;;/h6-11,14H,2-5,12-13,15,22H2,1H3,(H,23,25);2*1H. The van der Waals surface area contributed by atoms with Crippen LogP contribution in [0.1, 0.15) is 47.2 Å². The van der Waals surface area contributed by atoms with Crippen LogP contribution in [0, 0.1) is 6.92 Å². The number of hydrogen-bond acceptors (Lipinski definition) is 3. The number of benzene rings is 2. The Morgan fingerprint density at radius 2 is 1.63 bits per heavy atom. The van der Waals surface area contributed by atoms with E-state index in [1.165, 1.54) is 44.3 Å². The van der Waals surface area contributed by atoms with Gasteiger partial charge in [0, 0.05) is 23.5 Å². The number of hydrogen-bond donors (Lipinski definition) is 2. The van der Waals surface area contributed by atoms with Crippen LogP contribution in [0.25, 0.3) is 0 Å². The highest BCUT2D eigenvalue weighted by atomic mass is 35.5. The molecule has 0 radical (unpaired) electrons. The Balaban J connectivity index is 0.00000182. The van der Waals surface area contributed by atoms with Crippen molar-refractivity contribution in [3.8, 4) is 0 Å². The largest absolute Gasteiger partial charge is 0.399 e. The summed E-state index contributed by atoms with van der Waals surface area (Å²) in [4.78, 5) is 15.0. The molecule has 0 unspecified atom stereocenters. The van der Waals surface area contributed by atoms with Gasteiger partial charge in [-0.3, -0.25) is 9.69 Å². The maximum absolute atomic E-state index is 12.5. The summed E-state index contributed by atoms with van der Waals surface area (Å²) in [6, 6.07) is 13.6. The number of aryl methyl sites for hydroxylation is 1. The summed E-state index contributed by atoms with van der Waals surface area (Å²) in [6.07, 6.45) is 5.30. The molecular weight excluding hydrogens is 381 g/mol. The van der Waals surface area contributed by atoms with E-state index in [1.807, 2.05) is 31.2 Å². The Hall–Kier alpha value is -1.75. The van der Waals surface area contributed by atoms with Gasteiger partial charge < -0.3 is 11.1 Å². The highest BCUT2D eigenvalue weighted by molar-refractivity contribution is 6.05. The SMILES string of the molecule is Cc1ccc(N)cc1C(=O)Nc1ccc(CN2CCCCCC2)cc1.Cl.Cl. The molecule has 0 atom stereocenters. The second-order valence-electron chi connectivity index (χ2n) is 6.92. The van der Waals surface area contributed by atoms with Crippen molar-refractivity contribution in [1.29, 1.82) is 0 Å². The molecule has 0 saturated carbocycles. The summed E-state index contributed by atoms with van der Waals surface area (Å²) in [7, 11) is 0. The maximum atomic E-state index is 12.5. The van der Waals surface area contributed by atoms with Gasteiger partial charge in [0.05, 0.1) is 0 Å². The molecule has 1 saturated heterocycles. The average molecular weight is 410 g/mol. The van der Waals surface area contributed by atoms with Gasteiger partial charge in [-0.1, -0.05) is 31.0 Å². The minimum absolute atomic E-state index is 0. The van der Waals surface area contributed by atoms with Crippen molar-refractivity contribution in [2.75, 3.05) is 24.1 Å². The lowest BCUT2D eigenvalue weighted by Gasteiger charge is -2.19. The van der Waals surface area contributed by atoms with Crippen LogP contribution >= 0.6 is 24.8 Å². The number of rotatable bonds is 4. The van der Waals surface area contributed by atoms with Crippen molar-refractivity contribution in [1.82, 2.24) is 4.90 Å². The number of nitrogens with two attached hydrogens (primary N) is 1. The number of amides is 1. The van der Waals surface area contributed by atoms with E-state index in [1.54, 1.807) is 6.07 Å². The predicted molar refractivity (Wildman–Crippen MR) is 118 cm³/mol. The predicted octanol–water partition coefficient (Wildman–Crippen LogP) is 5.05. The Labute approximate surface area is 174 Å². The van der Waals surface area contributed by atoms with Gasteiger partial charge >= 0.3 is 0 Å². The third-order valence-corrected chi connectivity index (χ3v) is 4.82. The third-order valence-electron chi connectivity index (χ3n) is 4.82. The monoisotopic (exact) mass is 409 g/mol. The molecule has 1 amide bonds. The molecule has 3 N–H and O–H groups in total. The fourth-order valence-corrected chi connectivity index (χ4v) is 3.33. The van der Waals surface area contributed by atoms with Crippen molar-refractivity contribution < 1.29 is 4.79 Å². The number of halogens is 2. The summed E-state index contributed by atoms with van der Waals surface area (Å²) in [5.74, 6) is -0.120. The first-order chi connectivity index (χ1) is 12.1. The average Bonchev–Trinajstić information content (AvgIpc) is 2.87. The first kappa shape index (κ1) is 23.3. The lowest BCUT2D eigenvalue weighted by atomic mass is 10.1. The number of anilines is 2. The zero-order valence-corrected chi connectivity index (χ0v) is 17.4. The van der Waals surface area contributed by atoms with Crippen LogP contribution in [0.15, 0.2) is 42.5 Å². The Morgan fingerprint density at radius 1 is 1.00 bits per heavy atom. The van der Waals surface area contributed by atoms with Gasteiger partial charge in [-0.05, 0) is 68.2 Å². The quantitative estimate of drug-likeness (QED) is 0.694. The van der Waals surface area contributed by atoms with E-state index in [4.69, 9.17) is 5.73 Å². The van der Waals surface area contributed by atoms with Crippen LogP contribution in [0.5, 0.6) is 0 Å². The molecule has 0 aliphatic carbocycles. The Kier molecular flexibility index (Phi) is 9.64. The van der Waals surface area contributed by atoms with E-state index in [9.17, 15) is 4.79 Å². The molecule has 2 aromatic carbocycles. The molecule has 1 aliphatic rings. The van der Waals surface area contributed by atoms with Crippen molar-refractivity contribution in [3.63, 3.8) is 0 Å².